The molecule has 1 amide bonds. The average molecular weight is 630 g/mol. The van der Waals surface area contributed by atoms with Gasteiger partial charge in [-0.2, -0.15) is 0 Å². The summed E-state index contributed by atoms with van der Waals surface area (Å²) in [4.78, 5) is 34.2. The van der Waals surface area contributed by atoms with Crippen molar-refractivity contribution in [3.63, 3.8) is 0 Å². The van der Waals surface area contributed by atoms with Gasteiger partial charge in [-0.15, -0.1) is 0 Å². The Morgan fingerprint density at radius 2 is 1.70 bits per heavy atom. The van der Waals surface area contributed by atoms with Gasteiger partial charge in [-0.25, -0.2) is 0 Å². The quantitative estimate of drug-likeness (QED) is 0.156. The van der Waals surface area contributed by atoms with Gasteiger partial charge in [0.2, 0.25) is 0 Å². The van der Waals surface area contributed by atoms with Crippen LogP contribution in [-0.2, 0) is 11.3 Å². The summed E-state index contributed by atoms with van der Waals surface area (Å²) in [7, 11) is 4.34. The molecule has 9 heteroatoms. The van der Waals surface area contributed by atoms with Crippen LogP contribution >= 0.6 is 0 Å². The molecule has 0 spiro atoms. The zero-order valence-corrected chi connectivity index (χ0v) is 28.3. The fourth-order valence-electron chi connectivity index (χ4n) is 6.99. The summed E-state index contributed by atoms with van der Waals surface area (Å²) in [6.07, 6.45) is 5.22. The van der Waals surface area contributed by atoms with Crippen LogP contribution in [0.25, 0.3) is 11.1 Å². The van der Waals surface area contributed by atoms with E-state index in [4.69, 9.17) is 9.84 Å². The van der Waals surface area contributed by atoms with E-state index in [1.54, 1.807) is 0 Å². The molecular weight excluding hydrogens is 578 g/mol. The van der Waals surface area contributed by atoms with E-state index in [0.29, 0.717) is 29.6 Å². The molecule has 2 unspecified atom stereocenters. The number of rotatable bonds is 13. The zero-order valence-electron chi connectivity index (χ0n) is 28.3. The number of aliphatic hydroxyl groups is 1. The monoisotopic (exact) mass is 629 g/mol. The second-order valence-electron chi connectivity index (χ2n) is 13.1. The molecule has 9 nitrogen and oxygen atoms in total. The Kier molecular flexibility index (Phi) is 11.0. The molecule has 5 rings (SSSR count). The average Bonchev–Trinajstić information content (AvgIpc) is 3.81. The third-order valence-corrected chi connectivity index (χ3v) is 9.78. The van der Waals surface area contributed by atoms with Crippen LogP contribution in [0.15, 0.2) is 47.3 Å². The normalized spacial score (nSPS) is 21.0. The van der Waals surface area contributed by atoms with E-state index in [9.17, 15) is 9.59 Å². The Balaban J connectivity index is 1.44. The van der Waals surface area contributed by atoms with Gasteiger partial charge in [0.15, 0.2) is 0 Å². The number of aromatic amines is 1. The first-order chi connectivity index (χ1) is 22.1. The van der Waals surface area contributed by atoms with Gasteiger partial charge in [0.25, 0.3) is 11.5 Å². The number of amides is 1. The topological polar surface area (TPSA) is 113 Å². The molecular formula is C37H51N5O4. The largest absolute Gasteiger partial charge is 0.396 e. The molecule has 248 valence electrons. The van der Waals surface area contributed by atoms with Gasteiger partial charge in [0.1, 0.15) is 12.3 Å². The number of nitrogens with zero attached hydrogens (tertiary/aromatic N) is 2. The first-order valence-corrected chi connectivity index (χ1v) is 16.8. The van der Waals surface area contributed by atoms with Crippen LogP contribution in [0.5, 0.6) is 0 Å². The van der Waals surface area contributed by atoms with Crippen molar-refractivity contribution in [3.8, 4) is 11.1 Å². The lowest BCUT2D eigenvalue weighted by Gasteiger charge is -2.40. The van der Waals surface area contributed by atoms with Crippen molar-refractivity contribution in [1.29, 1.82) is 0 Å². The van der Waals surface area contributed by atoms with E-state index in [1.165, 1.54) is 0 Å². The molecule has 0 bridgehead atoms. The number of H-pyrrole nitrogens is 1. The molecule has 2 aliphatic rings. The third kappa shape index (κ3) is 7.72. The molecule has 1 saturated carbocycles. The van der Waals surface area contributed by atoms with Crippen molar-refractivity contribution in [2.75, 3.05) is 38.7 Å². The lowest BCUT2D eigenvalue weighted by molar-refractivity contribution is 0.0950. The maximum Gasteiger partial charge on any atom is 0.253 e. The second-order valence-corrected chi connectivity index (χ2v) is 13.1. The van der Waals surface area contributed by atoms with Crippen molar-refractivity contribution in [2.45, 2.75) is 90.8 Å². The molecule has 1 aliphatic heterocycles. The summed E-state index contributed by atoms with van der Waals surface area (Å²) in [6, 6.07) is 15.6. The number of hydrogen-bond donors (Lipinski definition) is 4. The highest BCUT2D eigenvalue weighted by Crippen LogP contribution is 2.39. The number of pyridine rings is 1. The van der Waals surface area contributed by atoms with E-state index >= 15 is 0 Å². The molecule has 1 saturated heterocycles. The number of anilines is 1. The third-order valence-electron chi connectivity index (χ3n) is 9.78. The van der Waals surface area contributed by atoms with Crippen LogP contribution in [0, 0.1) is 20.8 Å². The molecule has 4 N–H and O–H groups in total. The molecule has 2 aromatic carbocycles. The molecule has 2 heterocycles. The summed E-state index contributed by atoms with van der Waals surface area (Å²) in [6.45, 7) is 9.90. The molecule has 2 atom stereocenters. The van der Waals surface area contributed by atoms with Crippen molar-refractivity contribution >= 4 is 11.6 Å². The molecule has 1 aliphatic carbocycles. The van der Waals surface area contributed by atoms with Crippen molar-refractivity contribution in [3.05, 3.63) is 86.3 Å². The zero-order chi connectivity index (χ0) is 33.0. The first kappa shape index (κ1) is 33.9. The Bertz CT molecular complexity index is 1560. The predicted molar refractivity (Wildman–Crippen MR) is 184 cm³/mol. The van der Waals surface area contributed by atoms with Crippen LogP contribution in [0.3, 0.4) is 0 Å². The number of carbonyl (C=O) groups excluding carboxylic acids is 1. The highest BCUT2D eigenvalue weighted by Gasteiger charge is 2.39. The molecule has 0 radical (unpaired) electrons. The summed E-state index contributed by atoms with van der Waals surface area (Å²) >= 11 is 0. The van der Waals surface area contributed by atoms with E-state index in [2.05, 4.69) is 76.8 Å². The molecule has 2 fully saturated rings. The van der Waals surface area contributed by atoms with Gasteiger partial charge < -0.3 is 29.9 Å². The molecule has 3 aromatic rings. The Morgan fingerprint density at radius 1 is 1.00 bits per heavy atom. The Hall–Kier alpha value is -3.50. The number of aromatic nitrogens is 1. The lowest BCUT2D eigenvalue weighted by Crippen LogP contribution is -2.42. The van der Waals surface area contributed by atoms with Crippen LogP contribution in [-0.4, -0.2) is 73.0 Å². The first-order valence-electron chi connectivity index (χ1n) is 16.8. The smallest absolute Gasteiger partial charge is 0.253 e. The minimum Gasteiger partial charge on any atom is -0.396 e. The second kappa shape index (κ2) is 14.9. The van der Waals surface area contributed by atoms with Crippen LogP contribution in [0.4, 0.5) is 5.69 Å². The highest BCUT2D eigenvalue weighted by molar-refractivity contribution is 5.99. The number of hydrogen-bond acceptors (Lipinski definition) is 7. The van der Waals surface area contributed by atoms with Gasteiger partial charge in [0.05, 0.1) is 0 Å². The van der Waals surface area contributed by atoms with E-state index in [-0.39, 0.29) is 36.9 Å². The summed E-state index contributed by atoms with van der Waals surface area (Å²) < 4.78 is 5.82. The summed E-state index contributed by atoms with van der Waals surface area (Å²) in [5.74, 6) is -0.188. The van der Waals surface area contributed by atoms with Gasteiger partial charge in [-0.1, -0.05) is 24.3 Å². The number of aryl methyl sites for hydroxylation is 2. The van der Waals surface area contributed by atoms with Gasteiger partial charge in [0, 0.05) is 54.3 Å². The minimum atomic E-state index is -0.188. The predicted octanol–water partition coefficient (Wildman–Crippen LogP) is 4.97. The highest BCUT2D eigenvalue weighted by atomic mass is 16.6. The van der Waals surface area contributed by atoms with Crippen molar-refractivity contribution in [1.82, 2.24) is 20.5 Å². The van der Waals surface area contributed by atoms with E-state index < -0.39 is 0 Å². The van der Waals surface area contributed by atoms with Crippen LogP contribution < -0.4 is 21.1 Å². The van der Waals surface area contributed by atoms with Crippen LogP contribution in [0.1, 0.15) is 83.4 Å². The number of benzene rings is 2. The number of nitrogens with one attached hydrogen (secondary N) is 3. The van der Waals surface area contributed by atoms with Gasteiger partial charge in [-0.05, 0) is 126 Å². The number of aliphatic hydroxyl groups excluding tert-OH is 1. The van der Waals surface area contributed by atoms with E-state index in [0.717, 1.165) is 78.0 Å². The van der Waals surface area contributed by atoms with E-state index in [1.807, 2.05) is 32.9 Å². The Morgan fingerprint density at radius 3 is 2.33 bits per heavy atom. The fourth-order valence-corrected chi connectivity index (χ4v) is 6.99. The number of epoxide rings is 1. The Labute approximate surface area is 273 Å². The maximum absolute atomic E-state index is 13.9. The SMILES string of the molecule is CCN(c1cc(-c2ccc(C3OC3NCCCO)cc2)cc(C(=O)NCc2c(C)cc(C)[nH]c2=O)c1C)C1CCC(N(C)C)CC1. The number of ether oxygens (including phenoxy) is 1. The van der Waals surface area contributed by atoms with Crippen molar-refractivity contribution in [2.24, 2.45) is 0 Å². The maximum atomic E-state index is 13.9. The van der Waals surface area contributed by atoms with Crippen molar-refractivity contribution < 1.29 is 14.6 Å². The van der Waals surface area contributed by atoms with Gasteiger partial charge >= 0.3 is 0 Å². The standard InChI is InChI=1S/C37H51N5O4/c1-7-42(30-15-13-29(14-16-30)41(5)6)33-21-28(26-9-11-27(12-10-26)34-37(46-34)38-17-8-18-43)20-31(25(33)4)35(44)39-22-32-23(2)19-24(3)40-36(32)45/h9-12,19-21,29-30,34,37-38,43H,7-8,13-18,22H2,1-6H3,(H,39,44)(H,40,45). The lowest BCUT2D eigenvalue weighted by atomic mass is 9.88. The van der Waals surface area contributed by atoms with Crippen LogP contribution in [0.2, 0.25) is 0 Å². The molecule has 46 heavy (non-hydrogen) atoms. The minimum absolute atomic E-state index is 0.00363. The fraction of sp³-hybridized carbons (Fsp3) is 0.514. The molecule has 1 aromatic heterocycles. The summed E-state index contributed by atoms with van der Waals surface area (Å²) in [5.41, 5.74) is 7.85. The summed E-state index contributed by atoms with van der Waals surface area (Å²) in [5, 5.41) is 15.4. The number of carbonyl (C=O) groups is 1. The van der Waals surface area contributed by atoms with Gasteiger partial charge in [-0.3, -0.25) is 14.9 Å².